The summed E-state index contributed by atoms with van der Waals surface area (Å²) in [6.45, 7) is 7.47. The summed E-state index contributed by atoms with van der Waals surface area (Å²) in [7, 11) is 0. The highest BCUT2D eigenvalue weighted by Crippen LogP contribution is 2.13. The first kappa shape index (κ1) is 10.2. The number of rotatable bonds is 3. The second kappa shape index (κ2) is 4.91. The standard InChI is InChI=1S/C8H13IO/c1-4-6(2)8(10)7(3)5-9/h4-6,8,10H,1H2,2-3H3/b7-5+/t6-,8?/m0/s1. The zero-order chi connectivity index (χ0) is 8.15. The van der Waals surface area contributed by atoms with Crippen LogP contribution in [0.25, 0.3) is 0 Å². The maximum Gasteiger partial charge on any atom is 0.0814 e. The van der Waals surface area contributed by atoms with Crippen LogP contribution in [-0.4, -0.2) is 11.2 Å². The van der Waals surface area contributed by atoms with Crippen LogP contribution in [0.15, 0.2) is 22.3 Å². The van der Waals surface area contributed by atoms with Crippen molar-refractivity contribution in [2.75, 3.05) is 0 Å². The molecule has 1 N–H and O–H groups in total. The molecule has 0 saturated heterocycles. The summed E-state index contributed by atoms with van der Waals surface area (Å²) in [5.74, 6) is 0.144. The molecule has 0 aromatic carbocycles. The molecular weight excluding hydrogens is 239 g/mol. The van der Waals surface area contributed by atoms with Crippen molar-refractivity contribution >= 4 is 22.6 Å². The molecule has 1 nitrogen and oxygen atoms in total. The van der Waals surface area contributed by atoms with Gasteiger partial charge in [-0.05, 0) is 16.6 Å². The van der Waals surface area contributed by atoms with E-state index in [0.29, 0.717) is 0 Å². The minimum atomic E-state index is -0.366. The molecule has 0 saturated carbocycles. The van der Waals surface area contributed by atoms with Crippen molar-refractivity contribution in [3.8, 4) is 0 Å². The van der Waals surface area contributed by atoms with E-state index in [1.807, 2.05) is 17.9 Å². The highest BCUT2D eigenvalue weighted by Gasteiger charge is 2.11. The number of hydrogen-bond donors (Lipinski definition) is 1. The third-order valence-electron chi connectivity index (χ3n) is 1.51. The minimum absolute atomic E-state index is 0.144. The Bertz CT molecular complexity index is 140. The predicted molar refractivity (Wildman–Crippen MR) is 53.1 cm³/mol. The molecule has 0 aliphatic heterocycles. The number of halogens is 1. The zero-order valence-electron chi connectivity index (χ0n) is 6.34. The van der Waals surface area contributed by atoms with E-state index in [1.165, 1.54) is 0 Å². The molecule has 0 amide bonds. The van der Waals surface area contributed by atoms with Crippen LogP contribution in [0.5, 0.6) is 0 Å². The molecule has 0 radical (unpaired) electrons. The average Bonchev–Trinajstić information content (AvgIpc) is 2.00. The summed E-state index contributed by atoms with van der Waals surface area (Å²) in [5, 5.41) is 9.44. The Kier molecular flexibility index (Phi) is 4.99. The first-order chi connectivity index (χ1) is 4.63. The molecule has 0 rings (SSSR count). The fraction of sp³-hybridized carbons (Fsp3) is 0.500. The lowest BCUT2D eigenvalue weighted by Gasteiger charge is -2.14. The van der Waals surface area contributed by atoms with Crippen LogP contribution in [0.1, 0.15) is 13.8 Å². The quantitative estimate of drug-likeness (QED) is 0.604. The topological polar surface area (TPSA) is 20.2 Å². The Morgan fingerprint density at radius 2 is 2.20 bits per heavy atom. The second-order valence-corrected chi connectivity index (χ2v) is 3.02. The summed E-state index contributed by atoms with van der Waals surface area (Å²) in [6.07, 6.45) is 1.39. The van der Waals surface area contributed by atoms with Gasteiger partial charge in [-0.1, -0.05) is 35.6 Å². The monoisotopic (exact) mass is 252 g/mol. The van der Waals surface area contributed by atoms with Crippen molar-refractivity contribution in [2.24, 2.45) is 5.92 Å². The molecule has 0 aromatic rings. The van der Waals surface area contributed by atoms with Crippen molar-refractivity contribution in [2.45, 2.75) is 20.0 Å². The van der Waals surface area contributed by atoms with Crippen LogP contribution in [0.3, 0.4) is 0 Å². The molecule has 10 heavy (non-hydrogen) atoms. The van der Waals surface area contributed by atoms with Gasteiger partial charge >= 0.3 is 0 Å². The van der Waals surface area contributed by atoms with Crippen molar-refractivity contribution in [3.05, 3.63) is 22.3 Å². The van der Waals surface area contributed by atoms with Gasteiger partial charge in [-0.15, -0.1) is 6.58 Å². The second-order valence-electron chi connectivity index (χ2n) is 2.39. The van der Waals surface area contributed by atoms with E-state index in [4.69, 9.17) is 0 Å². The van der Waals surface area contributed by atoms with Crippen LogP contribution in [-0.2, 0) is 0 Å². The lowest BCUT2D eigenvalue weighted by molar-refractivity contribution is 0.174. The molecule has 1 unspecified atom stereocenters. The molecule has 0 spiro atoms. The molecule has 0 heterocycles. The van der Waals surface area contributed by atoms with Gasteiger partial charge < -0.3 is 5.11 Å². The number of aliphatic hydroxyl groups excluding tert-OH is 1. The molecule has 0 aliphatic carbocycles. The zero-order valence-corrected chi connectivity index (χ0v) is 8.50. The van der Waals surface area contributed by atoms with E-state index in [1.54, 1.807) is 6.08 Å². The first-order valence-electron chi connectivity index (χ1n) is 3.21. The minimum Gasteiger partial charge on any atom is -0.388 e. The number of hydrogen-bond acceptors (Lipinski definition) is 1. The van der Waals surface area contributed by atoms with E-state index >= 15 is 0 Å². The fourth-order valence-corrected chi connectivity index (χ4v) is 0.977. The molecule has 2 atom stereocenters. The van der Waals surface area contributed by atoms with Gasteiger partial charge in [0.1, 0.15) is 0 Å². The third-order valence-corrected chi connectivity index (χ3v) is 2.49. The van der Waals surface area contributed by atoms with Gasteiger partial charge in [0.15, 0.2) is 0 Å². The van der Waals surface area contributed by atoms with Crippen molar-refractivity contribution in [1.29, 1.82) is 0 Å². The van der Waals surface area contributed by atoms with E-state index in [9.17, 15) is 5.11 Å². The largest absolute Gasteiger partial charge is 0.388 e. The van der Waals surface area contributed by atoms with Crippen LogP contribution >= 0.6 is 22.6 Å². The summed E-state index contributed by atoms with van der Waals surface area (Å²) in [4.78, 5) is 0. The average molecular weight is 252 g/mol. The van der Waals surface area contributed by atoms with Gasteiger partial charge in [0.25, 0.3) is 0 Å². The number of aliphatic hydroxyl groups is 1. The summed E-state index contributed by atoms with van der Waals surface area (Å²) in [6, 6.07) is 0. The van der Waals surface area contributed by atoms with E-state index < -0.39 is 0 Å². The van der Waals surface area contributed by atoms with E-state index in [-0.39, 0.29) is 12.0 Å². The summed E-state index contributed by atoms with van der Waals surface area (Å²) >= 11 is 2.12. The molecule has 0 aromatic heterocycles. The molecule has 2 heteroatoms. The van der Waals surface area contributed by atoms with Crippen LogP contribution < -0.4 is 0 Å². The Morgan fingerprint density at radius 3 is 2.50 bits per heavy atom. The van der Waals surface area contributed by atoms with Gasteiger partial charge in [-0.25, -0.2) is 0 Å². The Labute approximate surface area is 76.0 Å². The predicted octanol–water partition coefficient (Wildman–Crippen LogP) is 2.51. The normalized spacial score (nSPS) is 18.2. The van der Waals surface area contributed by atoms with Gasteiger partial charge in [0.2, 0.25) is 0 Å². The molecular formula is C8H13IO. The maximum absolute atomic E-state index is 9.44. The fourth-order valence-electron chi connectivity index (χ4n) is 0.608. The van der Waals surface area contributed by atoms with Gasteiger partial charge in [0.05, 0.1) is 6.10 Å². The highest BCUT2D eigenvalue weighted by molar-refractivity contribution is 14.1. The Balaban J connectivity index is 4.06. The van der Waals surface area contributed by atoms with Crippen molar-refractivity contribution in [1.82, 2.24) is 0 Å². The van der Waals surface area contributed by atoms with E-state index in [2.05, 4.69) is 29.2 Å². The maximum atomic E-state index is 9.44. The van der Waals surface area contributed by atoms with Crippen LogP contribution in [0.4, 0.5) is 0 Å². The third kappa shape index (κ3) is 2.84. The first-order valence-corrected chi connectivity index (χ1v) is 4.45. The van der Waals surface area contributed by atoms with Gasteiger partial charge in [0, 0.05) is 5.92 Å². The molecule has 0 fully saturated rings. The smallest absolute Gasteiger partial charge is 0.0814 e. The Morgan fingerprint density at radius 1 is 1.70 bits per heavy atom. The van der Waals surface area contributed by atoms with Gasteiger partial charge in [-0.2, -0.15) is 0 Å². The lowest BCUT2D eigenvalue weighted by atomic mass is 10.0. The summed E-state index contributed by atoms with van der Waals surface area (Å²) < 4.78 is 1.89. The molecule has 0 bridgehead atoms. The lowest BCUT2D eigenvalue weighted by Crippen LogP contribution is -2.16. The van der Waals surface area contributed by atoms with E-state index in [0.717, 1.165) is 5.57 Å². The summed E-state index contributed by atoms with van der Waals surface area (Å²) in [5.41, 5.74) is 0.994. The SMILES string of the molecule is C=C[C@H](C)C(O)/C(C)=C/I. The highest BCUT2D eigenvalue weighted by atomic mass is 127. The van der Waals surface area contributed by atoms with Crippen molar-refractivity contribution in [3.63, 3.8) is 0 Å². The molecule has 0 aliphatic rings. The van der Waals surface area contributed by atoms with Crippen LogP contribution in [0, 0.1) is 5.92 Å². The van der Waals surface area contributed by atoms with Gasteiger partial charge in [-0.3, -0.25) is 0 Å². The van der Waals surface area contributed by atoms with Crippen LogP contribution in [0.2, 0.25) is 0 Å². The van der Waals surface area contributed by atoms with Crippen molar-refractivity contribution < 1.29 is 5.11 Å². The Hall–Kier alpha value is 0.170. The molecule has 58 valence electrons.